The van der Waals surface area contributed by atoms with E-state index in [1.54, 1.807) is 30.3 Å². The Bertz CT molecular complexity index is 1400. The van der Waals surface area contributed by atoms with Crippen LogP contribution in [0.15, 0.2) is 63.9 Å². The van der Waals surface area contributed by atoms with Gasteiger partial charge in [-0.2, -0.15) is 8.42 Å². The highest BCUT2D eigenvalue weighted by Gasteiger charge is 2.28. The minimum atomic E-state index is -3.72. The highest BCUT2D eigenvalue weighted by atomic mass is 32.2. The predicted octanol–water partition coefficient (Wildman–Crippen LogP) is 4.12. The number of sulfonamides is 1. The molecular formula is C25H25N3O5S. The van der Waals surface area contributed by atoms with Crippen LogP contribution in [-0.2, 0) is 21.3 Å². The molecule has 3 aromatic rings. The Kier molecular flexibility index (Phi) is 6.39. The van der Waals surface area contributed by atoms with Crippen molar-refractivity contribution in [2.45, 2.75) is 38.6 Å². The number of hydrogen-bond donors (Lipinski definition) is 1. The van der Waals surface area contributed by atoms with E-state index in [-0.39, 0.29) is 28.7 Å². The monoisotopic (exact) mass is 479 g/mol. The van der Waals surface area contributed by atoms with Crippen LogP contribution in [0, 0.1) is 13.8 Å². The van der Waals surface area contributed by atoms with Gasteiger partial charge in [-0.05, 0) is 62.7 Å². The number of nitrogens with zero attached hydrogens (tertiary/aromatic N) is 2. The zero-order valence-corrected chi connectivity index (χ0v) is 20.0. The highest BCUT2D eigenvalue weighted by molar-refractivity contribution is 7.90. The molecule has 0 radical (unpaired) electrons. The fourth-order valence-electron chi connectivity index (χ4n) is 3.97. The first kappa shape index (κ1) is 23.4. The molecule has 0 saturated heterocycles. The molecule has 1 aliphatic heterocycles. The Balaban J connectivity index is 1.40. The minimum Gasteiger partial charge on any atom is -0.454 e. The average Bonchev–Trinajstić information content (AvgIpc) is 3.25. The van der Waals surface area contributed by atoms with Crippen molar-refractivity contribution >= 4 is 33.3 Å². The number of carbonyl (C=O) groups excluding carboxylic acids is 2. The van der Waals surface area contributed by atoms with Gasteiger partial charge in [0.1, 0.15) is 4.90 Å². The van der Waals surface area contributed by atoms with Crippen molar-refractivity contribution in [3.8, 4) is 0 Å². The van der Waals surface area contributed by atoms with Crippen LogP contribution < -0.4 is 5.32 Å². The number of esters is 1. The lowest BCUT2D eigenvalue weighted by atomic mass is 10.1. The molecule has 0 saturated carbocycles. The maximum absolute atomic E-state index is 12.6. The van der Waals surface area contributed by atoms with Gasteiger partial charge in [0.05, 0.1) is 5.56 Å². The molecule has 1 N–H and O–H groups in total. The molecule has 176 valence electrons. The number of rotatable bonds is 7. The van der Waals surface area contributed by atoms with Crippen molar-refractivity contribution in [2.75, 3.05) is 11.9 Å². The molecule has 9 heteroatoms. The van der Waals surface area contributed by atoms with E-state index < -0.39 is 16.0 Å². The van der Waals surface area contributed by atoms with E-state index in [1.165, 1.54) is 18.2 Å². The fourth-order valence-corrected chi connectivity index (χ4v) is 5.14. The number of Topliss-reactive ketones (excluding diaryl/α,β-unsaturated/α-hetero) is 1. The number of ketones is 1. The van der Waals surface area contributed by atoms with Crippen LogP contribution in [0.5, 0.6) is 0 Å². The first-order valence-corrected chi connectivity index (χ1v) is 12.3. The molecule has 0 fully saturated rings. The Hall–Kier alpha value is -3.72. The molecule has 1 aromatic heterocycles. The van der Waals surface area contributed by atoms with Gasteiger partial charge in [0.25, 0.3) is 10.0 Å². The lowest BCUT2D eigenvalue weighted by Gasteiger charge is -2.09. The van der Waals surface area contributed by atoms with Gasteiger partial charge < -0.3 is 14.6 Å². The summed E-state index contributed by atoms with van der Waals surface area (Å²) >= 11 is 0. The molecule has 0 atom stereocenters. The lowest BCUT2D eigenvalue weighted by molar-refractivity contribution is 0.0474. The van der Waals surface area contributed by atoms with Crippen LogP contribution in [0.3, 0.4) is 0 Å². The quantitative estimate of drug-likeness (QED) is 0.404. The number of carbonyl (C=O) groups is 2. The van der Waals surface area contributed by atoms with E-state index in [4.69, 9.17) is 4.74 Å². The minimum absolute atomic E-state index is 0.151. The topological polar surface area (TPSA) is 107 Å². The van der Waals surface area contributed by atoms with E-state index >= 15 is 0 Å². The summed E-state index contributed by atoms with van der Waals surface area (Å²) < 4.78 is 35.5. The summed E-state index contributed by atoms with van der Waals surface area (Å²) in [7, 11) is -3.72. The van der Waals surface area contributed by atoms with Crippen molar-refractivity contribution in [3.05, 3.63) is 82.7 Å². The van der Waals surface area contributed by atoms with Gasteiger partial charge >= 0.3 is 5.97 Å². The number of hydrogen-bond acceptors (Lipinski definition) is 6. The summed E-state index contributed by atoms with van der Waals surface area (Å²) in [6.45, 7) is 6.40. The number of aromatic nitrogens is 1. The molecule has 2 aromatic carbocycles. The van der Waals surface area contributed by atoms with E-state index in [1.807, 2.05) is 19.9 Å². The second kappa shape index (κ2) is 9.26. The van der Waals surface area contributed by atoms with E-state index in [9.17, 15) is 18.0 Å². The summed E-state index contributed by atoms with van der Waals surface area (Å²) in [5.74, 6) is -0.646. The second-order valence-electron chi connectivity index (χ2n) is 8.05. The van der Waals surface area contributed by atoms with Crippen molar-refractivity contribution in [3.63, 3.8) is 0 Å². The molecule has 2 heterocycles. The van der Waals surface area contributed by atoms with Crippen molar-refractivity contribution in [2.24, 2.45) is 4.40 Å². The van der Waals surface area contributed by atoms with E-state index in [0.29, 0.717) is 16.8 Å². The molecule has 0 bridgehead atoms. The lowest BCUT2D eigenvalue weighted by Crippen LogP contribution is -2.15. The molecule has 34 heavy (non-hydrogen) atoms. The fraction of sp³-hybridized carbons (Fsp3) is 0.240. The van der Waals surface area contributed by atoms with Gasteiger partial charge in [-0.15, -0.1) is 4.40 Å². The first-order valence-electron chi connectivity index (χ1n) is 10.9. The normalized spacial score (nSPS) is 13.8. The van der Waals surface area contributed by atoms with Crippen LogP contribution in [0.1, 0.15) is 51.0 Å². The third kappa shape index (κ3) is 4.51. The SMILES string of the molecule is CCCn1c(C)cc(C(=O)COC(=O)c2ccc(NC3=NS(=O)(=O)c4ccccc43)cc2)c1C. The first-order chi connectivity index (χ1) is 16.2. The summed E-state index contributed by atoms with van der Waals surface area (Å²) in [4.78, 5) is 25.2. The third-order valence-corrected chi connectivity index (χ3v) is 7.01. The average molecular weight is 480 g/mol. The molecule has 1 aliphatic rings. The maximum atomic E-state index is 12.6. The van der Waals surface area contributed by atoms with Gasteiger partial charge in [-0.1, -0.05) is 19.1 Å². The van der Waals surface area contributed by atoms with Crippen molar-refractivity contribution in [1.29, 1.82) is 0 Å². The smallest absolute Gasteiger partial charge is 0.338 e. The molecule has 0 aliphatic carbocycles. The number of nitrogens with one attached hydrogen (secondary N) is 1. The molecular weight excluding hydrogens is 454 g/mol. The maximum Gasteiger partial charge on any atom is 0.338 e. The molecule has 0 amide bonds. The zero-order valence-electron chi connectivity index (χ0n) is 19.2. The highest BCUT2D eigenvalue weighted by Crippen LogP contribution is 2.26. The number of benzene rings is 2. The largest absolute Gasteiger partial charge is 0.454 e. The number of anilines is 1. The van der Waals surface area contributed by atoms with Gasteiger partial charge in [0, 0.05) is 34.7 Å². The number of fused-ring (bicyclic) bond motifs is 1. The van der Waals surface area contributed by atoms with Gasteiger partial charge in [0.15, 0.2) is 12.4 Å². The number of aryl methyl sites for hydroxylation is 1. The van der Waals surface area contributed by atoms with Crippen LogP contribution in [0.25, 0.3) is 0 Å². The predicted molar refractivity (Wildman–Crippen MR) is 129 cm³/mol. The summed E-state index contributed by atoms with van der Waals surface area (Å²) in [6, 6.07) is 14.7. The summed E-state index contributed by atoms with van der Waals surface area (Å²) in [5, 5.41) is 2.98. The van der Waals surface area contributed by atoms with Crippen LogP contribution in [0.4, 0.5) is 5.69 Å². The number of ether oxygens (including phenoxy) is 1. The second-order valence-corrected chi connectivity index (χ2v) is 9.62. The van der Waals surface area contributed by atoms with Gasteiger partial charge in [-0.3, -0.25) is 4.79 Å². The zero-order chi connectivity index (χ0) is 24.5. The van der Waals surface area contributed by atoms with Crippen LogP contribution >= 0.6 is 0 Å². The van der Waals surface area contributed by atoms with Crippen LogP contribution in [0.2, 0.25) is 0 Å². The molecule has 8 nitrogen and oxygen atoms in total. The van der Waals surface area contributed by atoms with Gasteiger partial charge in [-0.25, -0.2) is 4.79 Å². The standard InChI is InChI=1S/C25H25N3O5S/c1-4-13-28-16(2)14-21(17(28)3)22(29)15-33-25(30)18-9-11-19(12-10-18)26-24-20-7-5-6-8-23(20)34(31,32)27-24/h5-12,14H,4,13,15H2,1-3H3,(H,26,27). The van der Waals surface area contributed by atoms with Gasteiger partial charge in [0.2, 0.25) is 5.78 Å². The summed E-state index contributed by atoms with van der Waals surface area (Å²) in [6.07, 6.45) is 0.958. The third-order valence-electron chi connectivity index (χ3n) is 5.67. The van der Waals surface area contributed by atoms with Crippen molar-refractivity contribution in [1.82, 2.24) is 4.57 Å². The Morgan fingerprint density at radius 3 is 2.47 bits per heavy atom. The molecule has 0 unspecified atom stereocenters. The van der Waals surface area contributed by atoms with E-state index in [2.05, 4.69) is 21.2 Å². The Labute approximate surface area is 198 Å². The number of amidine groups is 1. The Morgan fingerprint density at radius 2 is 1.76 bits per heavy atom. The summed E-state index contributed by atoms with van der Waals surface area (Å²) in [5.41, 5.74) is 3.75. The van der Waals surface area contributed by atoms with Crippen LogP contribution in [-0.4, -0.2) is 37.2 Å². The Morgan fingerprint density at radius 1 is 1.06 bits per heavy atom. The van der Waals surface area contributed by atoms with E-state index in [0.717, 1.165) is 24.4 Å². The van der Waals surface area contributed by atoms with Crippen molar-refractivity contribution < 1.29 is 22.7 Å². The molecule has 4 rings (SSSR count). The molecule has 0 spiro atoms.